The highest BCUT2D eigenvalue weighted by molar-refractivity contribution is 6.05. The third kappa shape index (κ3) is 6.06. The number of hydrogen-bond acceptors (Lipinski definition) is 6. The lowest BCUT2D eigenvalue weighted by Crippen LogP contribution is -2.55. The average molecular weight is 481 g/mol. The number of rotatable bonds is 11. The lowest BCUT2D eigenvalue weighted by atomic mass is 9.98. The van der Waals surface area contributed by atoms with Crippen molar-refractivity contribution in [2.45, 2.75) is 37.8 Å². The molecular formula is C26H28N2O7. The van der Waals surface area contributed by atoms with Crippen molar-refractivity contribution in [1.82, 2.24) is 10.6 Å². The Balaban J connectivity index is 1.69. The molecule has 0 saturated heterocycles. The molecule has 3 N–H and O–H groups in total. The standard InChI is InChI=1S/C26H28N2O7/c1-3-5-14-21(24(30)31)27-23(29)22(25(32)34-4-2)28-26(33)35-15-20-18-12-8-6-10-16(18)17-11-7-9-13-19(17)20/h3,6-13,20-22H,1,4-5,14-15H2,2H3,(H,27,29)(H,28,33)(H,30,31). The van der Waals surface area contributed by atoms with Gasteiger partial charge in [0.25, 0.3) is 5.91 Å². The van der Waals surface area contributed by atoms with Crippen molar-refractivity contribution in [2.75, 3.05) is 13.2 Å². The third-order valence-electron chi connectivity index (χ3n) is 5.66. The molecule has 0 aliphatic heterocycles. The molecule has 0 fully saturated rings. The van der Waals surface area contributed by atoms with E-state index < -0.39 is 36.0 Å². The molecule has 3 rings (SSSR count). The SMILES string of the molecule is C=CCCC(NC(=O)C(NC(=O)OCC1c2ccccc2-c2ccccc21)C(=O)OCC)C(=O)O. The first-order valence-corrected chi connectivity index (χ1v) is 11.3. The van der Waals surface area contributed by atoms with Crippen molar-refractivity contribution in [1.29, 1.82) is 0 Å². The lowest BCUT2D eigenvalue weighted by molar-refractivity contribution is -0.151. The zero-order valence-electron chi connectivity index (χ0n) is 19.4. The molecule has 9 nitrogen and oxygen atoms in total. The molecule has 2 atom stereocenters. The second-order valence-corrected chi connectivity index (χ2v) is 7.92. The van der Waals surface area contributed by atoms with Crippen LogP contribution in [0.25, 0.3) is 11.1 Å². The van der Waals surface area contributed by atoms with Gasteiger partial charge in [-0.3, -0.25) is 10.1 Å². The van der Waals surface area contributed by atoms with Gasteiger partial charge >= 0.3 is 18.0 Å². The number of aliphatic carboxylic acids is 1. The second kappa shape index (κ2) is 11.8. The Kier molecular flexibility index (Phi) is 8.61. The zero-order chi connectivity index (χ0) is 25.4. The number of allylic oxidation sites excluding steroid dienone is 1. The number of nitrogens with one attached hydrogen (secondary N) is 2. The van der Waals surface area contributed by atoms with Crippen molar-refractivity contribution in [3.63, 3.8) is 0 Å². The number of carboxylic acids is 1. The first-order valence-electron chi connectivity index (χ1n) is 11.3. The summed E-state index contributed by atoms with van der Waals surface area (Å²) in [6.45, 7) is 5.02. The normalized spacial score (nSPS) is 13.5. The van der Waals surface area contributed by atoms with Crippen LogP contribution in [0.3, 0.4) is 0 Å². The molecule has 0 aromatic heterocycles. The summed E-state index contributed by atoms with van der Waals surface area (Å²) in [5.41, 5.74) is 4.13. The Morgan fingerprint density at radius 1 is 1.00 bits per heavy atom. The Bertz CT molecular complexity index is 1070. The van der Waals surface area contributed by atoms with Gasteiger partial charge in [0.1, 0.15) is 12.6 Å². The third-order valence-corrected chi connectivity index (χ3v) is 5.66. The van der Waals surface area contributed by atoms with Crippen molar-refractivity contribution in [2.24, 2.45) is 0 Å². The lowest BCUT2D eigenvalue weighted by Gasteiger charge is -2.20. The average Bonchev–Trinajstić information content (AvgIpc) is 3.17. The molecule has 2 amide bonds. The maximum Gasteiger partial charge on any atom is 0.408 e. The molecule has 1 aliphatic rings. The number of fused-ring (bicyclic) bond motifs is 3. The van der Waals surface area contributed by atoms with Crippen molar-refractivity contribution >= 4 is 23.9 Å². The largest absolute Gasteiger partial charge is 0.480 e. The van der Waals surface area contributed by atoms with Gasteiger partial charge < -0.3 is 19.9 Å². The highest BCUT2D eigenvalue weighted by Crippen LogP contribution is 2.44. The number of carboxylic acid groups (broad SMARTS) is 1. The molecule has 0 saturated carbocycles. The summed E-state index contributed by atoms with van der Waals surface area (Å²) in [7, 11) is 0. The molecule has 2 aromatic carbocycles. The maximum absolute atomic E-state index is 12.7. The van der Waals surface area contributed by atoms with Crippen LogP contribution in [0.2, 0.25) is 0 Å². The van der Waals surface area contributed by atoms with E-state index in [1.54, 1.807) is 6.92 Å². The van der Waals surface area contributed by atoms with Crippen LogP contribution in [-0.4, -0.2) is 54.3 Å². The van der Waals surface area contributed by atoms with Crippen molar-refractivity contribution < 1.29 is 33.8 Å². The van der Waals surface area contributed by atoms with Crippen molar-refractivity contribution in [3.05, 3.63) is 72.3 Å². The summed E-state index contributed by atoms with van der Waals surface area (Å²) in [5, 5.41) is 13.8. The number of hydrogen-bond donors (Lipinski definition) is 3. The fraction of sp³-hybridized carbons (Fsp3) is 0.308. The summed E-state index contributed by atoms with van der Waals surface area (Å²) in [4.78, 5) is 49.1. The van der Waals surface area contributed by atoms with Gasteiger partial charge in [-0.1, -0.05) is 54.6 Å². The number of carbonyl (C=O) groups excluding carboxylic acids is 3. The van der Waals surface area contributed by atoms with Gasteiger partial charge in [-0.15, -0.1) is 6.58 Å². The molecule has 0 spiro atoms. The Morgan fingerprint density at radius 3 is 2.14 bits per heavy atom. The molecule has 35 heavy (non-hydrogen) atoms. The highest BCUT2D eigenvalue weighted by atomic mass is 16.6. The maximum atomic E-state index is 12.7. The van der Waals surface area contributed by atoms with Gasteiger partial charge in [0.2, 0.25) is 6.04 Å². The Morgan fingerprint density at radius 2 is 1.60 bits per heavy atom. The summed E-state index contributed by atoms with van der Waals surface area (Å²) >= 11 is 0. The zero-order valence-corrected chi connectivity index (χ0v) is 19.4. The number of ether oxygens (including phenoxy) is 2. The van der Waals surface area contributed by atoms with Crippen LogP contribution in [-0.2, 0) is 23.9 Å². The molecule has 184 valence electrons. The minimum atomic E-state index is -1.77. The molecule has 0 heterocycles. The fourth-order valence-electron chi connectivity index (χ4n) is 4.01. The summed E-state index contributed by atoms with van der Waals surface area (Å²) in [6.07, 6.45) is 0.921. The van der Waals surface area contributed by atoms with Crippen LogP contribution < -0.4 is 10.6 Å². The van der Waals surface area contributed by atoms with E-state index in [2.05, 4.69) is 17.2 Å². The molecule has 1 aliphatic carbocycles. The van der Waals surface area contributed by atoms with Crippen LogP contribution in [0.4, 0.5) is 4.79 Å². The van der Waals surface area contributed by atoms with Gasteiger partial charge in [-0.25, -0.2) is 14.4 Å². The Labute approximate surface area is 203 Å². The van der Waals surface area contributed by atoms with E-state index in [1.165, 1.54) is 6.08 Å². The van der Waals surface area contributed by atoms with Crippen LogP contribution >= 0.6 is 0 Å². The fourth-order valence-corrected chi connectivity index (χ4v) is 4.01. The summed E-state index contributed by atoms with van der Waals surface area (Å²) < 4.78 is 10.3. The predicted octanol–water partition coefficient (Wildman–Crippen LogP) is 2.99. The molecule has 2 aromatic rings. The minimum absolute atomic E-state index is 0.0197. The van der Waals surface area contributed by atoms with E-state index in [9.17, 15) is 24.3 Å². The number of alkyl carbamates (subject to hydrolysis) is 1. The molecule has 2 unspecified atom stereocenters. The van der Waals surface area contributed by atoms with E-state index in [1.807, 2.05) is 48.5 Å². The number of esters is 1. The van der Waals surface area contributed by atoms with Crippen LogP contribution in [0.15, 0.2) is 61.2 Å². The van der Waals surface area contributed by atoms with Crippen LogP contribution in [0.5, 0.6) is 0 Å². The Hall–Kier alpha value is -4.14. The van der Waals surface area contributed by atoms with Gasteiger partial charge in [0.05, 0.1) is 6.61 Å². The van der Waals surface area contributed by atoms with Gasteiger partial charge in [0, 0.05) is 5.92 Å². The van der Waals surface area contributed by atoms with Crippen LogP contribution in [0, 0.1) is 0 Å². The molecule has 0 radical (unpaired) electrons. The monoisotopic (exact) mass is 480 g/mol. The van der Waals surface area contributed by atoms with Crippen molar-refractivity contribution in [3.8, 4) is 11.1 Å². The van der Waals surface area contributed by atoms with Crippen LogP contribution in [0.1, 0.15) is 36.8 Å². The quantitative estimate of drug-likeness (QED) is 0.256. The molecule has 0 bridgehead atoms. The number of carbonyl (C=O) groups is 4. The first kappa shape index (κ1) is 25.5. The van der Waals surface area contributed by atoms with E-state index >= 15 is 0 Å². The summed E-state index contributed by atoms with van der Waals surface area (Å²) in [5.74, 6) is -3.51. The van der Waals surface area contributed by atoms with Gasteiger partial charge in [-0.05, 0) is 42.0 Å². The first-order chi connectivity index (χ1) is 16.9. The molecule has 9 heteroatoms. The van der Waals surface area contributed by atoms with E-state index in [0.717, 1.165) is 22.3 Å². The van der Waals surface area contributed by atoms with E-state index in [0.29, 0.717) is 6.42 Å². The second-order valence-electron chi connectivity index (χ2n) is 7.92. The number of amides is 2. The minimum Gasteiger partial charge on any atom is -0.480 e. The van der Waals surface area contributed by atoms with Gasteiger partial charge in [0.15, 0.2) is 0 Å². The smallest absolute Gasteiger partial charge is 0.408 e. The predicted molar refractivity (Wildman–Crippen MR) is 128 cm³/mol. The van der Waals surface area contributed by atoms with Gasteiger partial charge in [-0.2, -0.15) is 0 Å². The summed E-state index contributed by atoms with van der Waals surface area (Å²) in [6, 6.07) is 12.6. The highest BCUT2D eigenvalue weighted by Gasteiger charge is 2.34. The molecular weight excluding hydrogens is 452 g/mol. The number of benzene rings is 2. The van der Waals surface area contributed by atoms with E-state index in [4.69, 9.17) is 9.47 Å². The van der Waals surface area contributed by atoms with E-state index in [-0.39, 0.29) is 25.6 Å². The topological polar surface area (TPSA) is 131 Å².